The minimum absolute atomic E-state index is 0.119. The summed E-state index contributed by atoms with van der Waals surface area (Å²) in [7, 11) is 0. The van der Waals surface area contributed by atoms with Crippen LogP contribution in [0.25, 0.3) is 0 Å². The Labute approximate surface area is 87.9 Å². The molecule has 1 aromatic rings. The molecule has 2 rings (SSSR count). The van der Waals surface area contributed by atoms with Crippen LogP contribution in [-0.2, 0) is 0 Å². The third-order valence-corrected chi connectivity index (χ3v) is 3.74. The van der Waals surface area contributed by atoms with E-state index in [1.807, 2.05) is 0 Å². The maximum atomic E-state index is 9.73. The third kappa shape index (κ3) is 2.51. The highest BCUT2D eigenvalue weighted by molar-refractivity contribution is 7.99. The Bertz CT molecular complexity index is 263. The zero-order chi connectivity index (χ0) is 9.80. The van der Waals surface area contributed by atoms with Crippen LogP contribution in [0.15, 0.2) is 22.1 Å². The van der Waals surface area contributed by atoms with E-state index in [1.54, 1.807) is 24.2 Å². The quantitative estimate of drug-likeness (QED) is 0.783. The Hall–Kier alpha value is -0.480. The van der Waals surface area contributed by atoms with Gasteiger partial charge < -0.3 is 9.52 Å². The zero-order valence-corrected chi connectivity index (χ0v) is 8.87. The summed E-state index contributed by atoms with van der Waals surface area (Å²) in [6.07, 6.45) is 7.62. The molecule has 1 heterocycles. The van der Waals surface area contributed by atoms with Crippen LogP contribution >= 0.6 is 11.8 Å². The second kappa shape index (κ2) is 4.84. The topological polar surface area (TPSA) is 46.3 Å². The van der Waals surface area contributed by atoms with Crippen LogP contribution in [0.5, 0.6) is 0 Å². The summed E-state index contributed by atoms with van der Waals surface area (Å²) < 4.78 is 5.13. The Balaban J connectivity index is 1.79. The van der Waals surface area contributed by atoms with Crippen LogP contribution in [0.3, 0.4) is 0 Å². The van der Waals surface area contributed by atoms with Crippen LogP contribution < -0.4 is 0 Å². The average molecular weight is 213 g/mol. The van der Waals surface area contributed by atoms with Crippen molar-refractivity contribution in [2.24, 2.45) is 5.92 Å². The van der Waals surface area contributed by atoms with E-state index < -0.39 is 0 Å². The molecule has 2 unspecified atom stereocenters. The van der Waals surface area contributed by atoms with Gasteiger partial charge in [-0.05, 0) is 18.8 Å². The van der Waals surface area contributed by atoms with Gasteiger partial charge in [0.15, 0.2) is 0 Å². The Morgan fingerprint density at radius 3 is 3.07 bits per heavy atom. The van der Waals surface area contributed by atoms with Gasteiger partial charge in [-0.2, -0.15) is 0 Å². The fourth-order valence-electron chi connectivity index (χ4n) is 1.84. The lowest BCUT2D eigenvalue weighted by atomic mass is 9.88. The maximum absolute atomic E-state index is 9.73. The van der Waals surface area contributed by atoms with Crippen LogP contribution in [-0.4, -0.2) is 21.9 Å². The first-order valence-corrected chi connectivity index (χ1v) is 6.05. The minimum Gasteiger partial charge on any atom is -0.440 e. The fourth-order valence-corrected chi connectivity index (χ4v) is 2.85. The summed E-state index contributed by atoms with van der Waals surface area (Å²) in [4.78, 5) is 4.04. The molecule has 0 spiro atoms. The predicted octanol–water partition coefficient (Wildman–Crippen LogP) is 2.32. The van der Waals surface area contributed by atoms with E-state index in [1.165, 1.54) is 12.8 Å². The van der Waals surface area contributed by atoms with Crippen molar-refractivity contribution in [3.63, 3.8) is 0 Å². The van der Waals surface area contributed by atoms with E-state index in [-0.39, 0.29) is 6.10 Å². The summed E-state index contributed by atoms with van der Waals surface area (Å²) in [6, 6.07) is 0. The lowest BCUT2D eigenvalue weighted by Gasteiger charge is -2.26. The molecule has 1 aromatic heterocycles. The minimum atomic E-state index is -0.119. The van der Waals surface area contributed by atoms with Gasteiger partial charge >= 0.3 is 0 Å². The van der Waals surface area contributed by atoms with Crippen LogP contribution in [0.4, 0.5) is 0 Å². The van der Waals surface area contributed by atoms with Crippen molar-refractivity contribution in [2.75, 3.05) is 5.75 Å². The number of thioether (sulfide) groups is 1. The SMILES string of the molecule is OC1CCCCC1CSc1ncco1. The predicted molar refractivity (Wildman–Crippen MR) is 55.2 cm³/mol. The molecule has 0 aromatic carbocycles. The first-order valence-electron chi connectivity index (χ1n) is 5.06. The first kappa shape index (κ1) is 10.1. The molecule has 1 aliphatic carbocycles. The molecule has 2 atom stereocenters. The van der Waals surface area contributed by atoms with E-state index in [9.17, 15) is 5.11 Å². The van der Waals surface area contributed by atoms with Gasteiger partial charge in [0.2, 0.25) is 0 Å². The Kier molecular flexibility index (Phi) is 3.48. The Morgan fingerprint density at radius 2 is 2.36 bits per heavy atom. The molecule has 4 heteroatoms. The monoisotopic (exact) mass is 213 g/mol. The van der Waals surface area contributed by atoms with Crippen molar-refractivity contribution in [1.29, 1.82) is 0 Å². The number of hydrogen-bond acceptors (Lipinski definition) is 4. The number of rotatable bonds is 3. The number of nitrogens with zero attached hydrogens (tertiary/aromatic N) is 1. The molecule has 1 aliphatic rings. The number of oxazole rings is 1. The second-order valence-corrected chi connectivity index (χ2v) is 4.69. The molecule has 0 saturated heterocycles. The normalized spacial score (nSPS) is 27.8. The number of aromatic nitrogens is 1. The van der Waals surface area contributed by atoms with E-state index >= 15 is 0 Å². The lowest BCUT2D eigenvalue weighted by Crippen LogP contribution is -2.26. The van der Waals surface area contributed by atoms with Crippen molar-refractivity contribution in [1.82, 2.24) is 4.98 Å². The molecule has 3 nitrogen and oxygen atoms in total. The van der Waals surface area contributed by atoms with Gasteiger partial charge in [0, 0.05) is 5.75 Å². The van der Waals surface area contributed by atoms with Crippen molar-refractivity contribution < 1.29 is 9.52 Å². The largest absolute Gasteiger partial charge is 0.440 e. The molecule has 0 aliphatic heterocycles. The molecule has 0 radical (unpaired) electrons. The van der Waals surface area contributed by atoms with E-state index in [0.717, 1.165) is 18.6 Å². The van der Waals surface area contributed by atoms with E-state index in [4.69, 9.17) is 4.42 Å². The number of hydrogen-bond donors (Lipinski definition) is 1. The summed E-state index contributed by atoms with van der Waals surface area (Å²) in [5.41, 5.74) is 0. The second-order valence-electron chi connectivity index (χ2n) is 3.72. The van der Waals surface area contributed by atoms with Crippen molar-refractivity contribution >= 4 is 11.8 Å². The van der Waals surface area contributed by atoms with Crippen LogP contribution in [0.1, 0.15) is 25.7 Å². The molecule has 78 valence electrons. The van der Waals surface area contributed by atoms with Crippen molar-refractivity contribution in [2.45, 2.75) is 37.0 Å². The third-order valence-electron chi connectivity index (χ3n) is 2.70. The number of aliphatic hydroxyl groups excluding tert-OH is 1. The van der Waals surface area contributed by atoms with Gasteiger partial charge in [0.25, 0.3) is 5.22 Å². The maximum Gasteiger partial charge on any atom is 0.255 e. The Morgan fingerprint density at radius 1 is 1.50 bits per heavy atom. The summed E-state index contributed by atoms with van der Waals surface area (Å²) >= 11 is 1.60. The summed E-state index contributed by atoms with van der Waals surface area (Å²) in [6.45, 7) is 0. The van der Waals surface area contributed by atoms with Crippen LogP contribution in [0.2, 0.25) is 0 Å². The smallest absolute Gasteiger partial charge is 0.255 e. The first-order chi connectivity index (χ1) is 6.86. The molecule has 1 N–H and O–H groups in total. The fraction of sp³-hybridized carbons (Fsp3) is 0.700. The van der Waals surface area contributed by atoms with Gasteiger partial charge in [-0.3, -0.25) is 0 Å². The summed E-state index contributed by atoms with van der Waals surface area (Å²) in [5, 5.41) is 10.4. The van der Waals surface area contributed by atoms with Gasteiger partial charge in [-0.1, -0.05) is 24.6 Å². The molecule has 0 amide bonds. The average Bonchev–Trinajstić information content (AvgIpc) is 2.69. The highest BCUT2D eigenvalue weighted by Crippen LogP contribution is 2.29. The molecule has 14 heavy (non-hydrogen) atoms. The highest BCUT2D eigenvalue weighted by Gasteiger charge is 2.23. The molecular weight excluding hydrogens is 198 g/mol. The molecule has 1 fully saturated rings. The van der Waals surface area contributed by atoms with Gasteiger partial charge in [-0.25, -0.2) is 4.98 Å². The van der Waals surface area contributed by atoms with E-state index in [0.29, 0.717) is 11.1 Å². The number of aliphatic hydroxyl groups is 1. The molecule has 1 saturated carbocycles. The highest BCUT2D eigenvalue weighted by atomic mass is 32.2. The van der Waals surface area contributed by atoms with Gasteiger partial charge in [0.05, 0.1) is 12.3 Å². The molecular formula is C10H15NO2S. The van der Waals surface area contributed by atoms with Gasteiger partial charge in [-0.15, -0.1) is 0 Å². The standard InChI is InChI=1S/C10H15NO2S/c12-9-4-2-1-3-8(9)7-14-10-11-5-6-13-10/h5-6,8-9,12H,1-4,7H2. The van der Waals surface area contributed by atoms with E-state index in [2.05, 4.69) is 4.98 Å². The zero-order valence-electron chi connectivity index (χ0n) is 8.06. The van der Waals surface area contributed by atoms with Gasteiger partial charge in [0.1, 0.15) is 6.26 Å². The van der Waals surface area contributed by atoms with Crippen LogP contribution in [0, 0.1) is 5.92 Å². The molecule has 0 bridgehead atoms. The lowest BCUT2D eigenvalue weighted by molar-refractivity contribution is 0.0815. The van der Waals surface area contributed by atoms with Crippen molar-refractivity contribution in [3.8, 4) is 0 Å². The summed E-state index contributed by atoms with van der Waals surface area (Å²) in [5.74, 6) is 1.34. The van der Waals surface area contributed by atoms with Crippen molar-refractivity contribution in [3.05, 3.63) is 12.5 Å².